The Morgan fingerprint density at radius 1 is 1.27 bits per heavy atom. The fraction of sp³-hybridized carbons (Fsp3) is 1.00. The molecule has 1 unspecified atom stereocenters. The molecule has 2 heterocycles. The van der Waals surface area contributed by atoms with E-state index in [0.717, 1.165) is 6.04 Å². The minimum absolute atomic E-state index is 0.391. The fourth-order valence-electron chi connectivity index (χ4n) is 2.77. The van der Waals surface area contributed by atoms with Crippen LogP contribution in [-0.2, 0) is 0 Å². The third kappa shape index (κ3) is 1.09. The molecule has 2 nitrogen and oxygen atoms in total. The molecule has 0 amide bonds. The topological polar surface area (TPSA) is 23.5 Å². The first-order valence-electron chi connectivity index (χ1n) is 4.65. The van der Waals surface area contributed by atoms with Gasteiger partial charge in [-0.05, 0) is 38.6 Å². The number of fused-ring (bicyclic) bond motifs is 2. The number of aliphatic hydroxyl groups is 1. The monoisotopic (exact) mass is 155 g/mol. The van der Waals surface area contributed by atoms with E-state index in [1.165, 1.54) is 25.7 Å². The number of aliphatic hydroxyl groups excluding tert-OH is 1. The van der Waals surface area contributed by atoms with Crippen LogP contribution in [0, 0.1) is 5.92 Å². The van der Waals surface area contributed by atoms with Gasteiger partial charge in [-0.25, -0.2) is 0 Å². The standard InChI is InChI=1S/C9H17NO/c1-10-8-3-2-7(6-11)9(10)5-4-8/h7-9,11H,2-6H2,1H3/t7?,8-,9-/m1/s1. The highest BCUT2D eigenvalue weighted by Crippen LogP contribution is 2.37. The average molecular weight is 155 g/mol. The van der Waals surface area contributed by atoms with Crippen molar-refractivity contribution in [1.29, 1.82) is 0 Å². The SMILES string of the molecule is CN1[C@@H]2CCC(CO)[C@H]1CC2. The van der Waals surface area contributed by atoms with Gasteiger partial charge in [-0.1, -0.05) is 0 Å². The van der Waals surface area contributed by atoms with Crippen LogP contribution in [0.5, 0.6) is 0 Å². The van der Waals surface area contributed by atoms with Gasteiger partial charge in [0.1, 0.15) is 0 Å². The molecule has 2 aliphatic rings. The summed E-state index contributed by atoms with van der Waals surface area (Å²) in [7, 11) is 2.21. The van der Waals surface area contributed by atoms with Crippen LogP contribution in [0.4, 0.5) is 0 Å². The van der Waals surface area contributed by atoms with Crippen LogP contribution >= 0.6 is 0 Å². The molecule has 0 spiro atoms. The molecular formula is C9H17NO. The second-order valence-electron chi connectivity index (χ2n) is 3.98. The molecule has 2 fully saturated rings. The predicted molar refractivity (Wildman–Crippen MR) is 44.4 cm³/mol. The molecule has 2 aliphatic heterocycles. The lowest BCUT2D eigenvalue weighted by Crippen LogP contribution is -2.43. The molecule has 2 saturated heterocycles. The van der Waals surface area contributed by atoms with E-state index in [2.05, 4.69) is 11.9 Å². The summed E-state index contributed by atoms with van der Waals surface area (Å²) in [6.45, 7) is 0.391. The molecule has 0 aromatic heterocycles. The summed E-state index contributed by atoms with van der Waals surface area (Å²) in [5.41, 5.74) is 0. The molecule has 0 radical (unpaired) electrons. The van der Waals surface area contributed by atoms with E-state index < -0.39 is 0 Å². The zero-order valence-corrected chi connectivity index (χ0v) is 7.16. The Kier molecular flexibility index (Phi) is 1.90. The summed E-state index contributed by atoms with van der Waals surface area (Å²) < 4.78 is 0. The lowest BCUT2D eigenvalue weighted by atomic mass is 9.91. The summed E-state index contributed by atoms with van der Waals surface area (Å²) in [5, 5.41) is 9.10. The van der Waals surface area contributed by atoms with Crippen LogP contribution < -0.4 is 0 Å². The first kappa shape index (κ1) is 7.56. The van der Waals surface area contributed by atoms with Gasteiger partial charge in [0.25, 0.3) is 0 Å². The van der Waals surface area contributed by atoms with Gasteiger partial charge in [-0.15, -0.1) is 0 Å². The van der Waals surface area contributed by atoms with Crippen LogP contribution in [0.15, 0.2) is 0 Å². The summed E-state index contributed by atoms with van der Waals surface area (Å²) >= 11 is 0. The maximum atomic E-state index is 9.10. The van der Waals surface area contributed by atoms with Crippen LogP contribution in [0.25, 0.3) is 0 Å². The number of rotatable bonds is 1. The Morgan fingerprint density at radius 2 is 2.00 bits per heavy atom. The van der Waals surface area contributed by atoms with Gasteiger partial charge in [-0.2, -0.15) is 0 Å². The first-order chi connectivity index (χ1) is 5.33. The minimum atomic E-state index is 0.391. The lowest BCUT2D eigenvalue weighted by molar-refractivity contribution is 0.0775. The van der Waals surface area contributed by atoms with E-state index in [1.54, 1.807) is 0 Å². The molecule has 2 rings (SSSR count). The smallest absolute Gasteiger partial charge is 0.0474 e. The average Bonchev–Trinajstić information content (AvgIpc) is 2.31. The highest BCUT2D eigenvalue weighted by molar-refractivity contribution is 4.94. The molecule has 64 valence electrons. The normalized spacial score (nSPS) is 44.7. The molecule has 1 N–H and O–H groups in total. The van der Waals surface area contributed by atoms with E-state index in [-0.39, 0.29) is 0 Å². The van der Waals surface area contributed by atoms with E-state index in [1.807, 2.05) is 0 Å². The minimum Gasteiger partial charge on any atom is -0.396 e. The van der Waals surface area contributed by atoms with Crippen molar-refractivity contribution in [3.63, 3.8) is 0 Å². The first-order valence-corrected chi connectivity index (χ1v) is 4.65. The van der Waals surface area contributed by atoms with Crippen molar-refractivity contribution in [2.24, 2.45) is 5.92 Å². The Bertz CT molecular complexity index is 148. The van der Waals surface area contributed by atoms with Crippen LogP contribution in [0.2, 0.25) is 0 Å². The number of hydrogen-bond donors (Lipinski definition) is 1. The highest BCUT2D eigenvalue weighted by Gasteiger charge is 2.39. The Labute approximate surface area is 68.2 Å². The molecule has 0 aliphatic carbocycles. The van der Waals surface area contributed by atoms with Crippen molar-refractivity contribution in [3.8, 4) is 0 Å². The number of hydrogen-bond acceptors (Lipinski definition) is 2. The zero-order chi connectivity index (χ0) is 7.84. The van der Waals surface area contributed by atoms with Gasteiger partial charge in [0, 0.05) is 18.7 Å². The molecule has 0 saturated carbocycles. The van der Waals surface area contributed by atoms with Crippen molar-refractivity contribution >= 4 is 0 Å². The van der Waals surface area contributed by atoms with E-state index in [0.29, 0.717) is 18.6 Å². The Morgan fingerprint density at radius 3 is 2.73 bits per heavy atom. The number of piperidine rings is 1. The summed E-state index contributed by atoms with van der Waals surface area (Å²) in [6, 6.07) is 1.53. The third-order valence-electron chi connectivity index (χ3n) is 3.54. The quantitative estimate of drug-likeness (QED) is 0.607. The highest BCUT2D eigenvalue weighted by atomic mass is 16.3. The zero-order valence-electron chi connectivity index (χ0n) is 7.16. The molecule has 2 bridgehead atoms. The fourth-order valence-corrected chi connectivity index (χ4v) is 2.77. The van der Waals surface area contributed by atoms with Crippen molar-refractivity contribution in [2.75, 3.05) is 13.7 Å². The molecule has 3 atom stereocenters. The Hall–Kier alpha value is -0.0800. The second-order valence-corrected chi connectivity index (χ2v) is 3.98. The maximum Gasteiger partial charge on any atom is 0.0474 e. The van der Waals surface area contributed by atoms with Crippen molar-refractivity contribution in [3.05, 3.63) is 0 Å². The van der Waals surface area contributed by atoms with Gasteiger partial charge < -0.3 is 10.0 Å². The van der Waals surface area contributed by atoms with Crippen molar-refractivity contribution in [2.45, 2.75) is 37.8 Å². The van der Waals surface area contributed by atoms with Crippen molar-refractivity contribution in [1.82, 2.24) is 4.90 Å². The largest absolute Gasteiger partial charge is 0.396 e. The maximum absolute atomic E-state index is 9.10. The van der Waals surface area contributed by atoms with Gasteiger partial charge >= 0.3 is 0 Å². The second kappa shape index (κ2) is 2.76. The molecule has 0 aromatic rings. The summed E-state index contributed by atoms with van der Waals surface area (Å²) in [4.78, 5) is 2.48. The Balaban J connectivity index is 2.08. The van der Waals surface area contributed by atoms with E-state index in [9.17, 15) is 0 Å². The van der Waals surface area contributed by atoms with E-state index >= 15 is 0 Å². The van der Waals surface area contributed by atoms with Crippen LogP contribution in [-0.4, -0.2) is 35.7 Å². The van der Waals surface area contributed by atoms with Gasteiger partial charge in [-0.3, -0.25) is 0 Å². The van der Waals surface area contributed by atoms with Crippen LogP contribution in [0.3, 0.4) is 0 Å². The summed E-state index contributed by atoms with van der Waals surface area (Å²) in [5.74, 6) is 0.568. The molecule has 0 aromatic carbocycles. The predicted octanol–water partition coefficient (Wildman–Crippen LogP) is 0.851. The van der Waals surface area contributed by atoms with Crippen molar-refractivity contribution < 1.29 is 5.11 Å². The molecular weight excluding hydrogens is 138 g/mol. The number of nitrogens with zero attached hydrogens (tertiary/aromatic N) is 1. The van der Waals surface area contributed by atoms with E-state index in [4.69, 9.17) is 5.11 Å². The van der Waals surface area contributed by atoms with Gasteiger partial charge in [0.15, 0.2) is 0 Å². The van der Waals surface area contributed by atoms with Gasteiger partial charge in [0.2, 0.25) is 0 Å². The summed E-state index contributed by atoms with van der Waals surface area (Å²) in [6.07, 6.45) is 5.22. The third-order valence-corrected chi connectivity index (χ3v) is 3.54. The van der Waals surface area contributed by atoms with Crippen LogP contribution in [0.1, 0.15) is 25.7 Å². The molecule has 2 heteroatoms. The van der Waals surface area contributed by atoms with Gasteiger partial charge in [0.05, 0.1) is 0 Å². The molecule has 11 heavy (non-hydrogen) atoms. The lowest BCUT2D eigenvalue weighted by Gasteiger charge is -2.36.